The summed E-state index contributed by atoms with van der Waals surface area (Å²) >= 11 is 0. The molecular formula is C27H32N8O2. The average Bonchev–Trinajstić information content (AvgIpc) is 3.45. The Morgan fingerprint density at radius 1 is 1.05 bits per heavy atom. The van der Waals surface area contributed by atoms with Crippen molar-refractivity contribution >= 4 is 22.8 Å². The molecule has 0 saturated carbocycles. The Hall–Kier alpha value is -3.76. The van der Waals surface area contributed by atoms with Crippen LogP contribution in [0.15, 0.2) is 36.9 Å². The fraction of sp³-hybridized carbons (Fsp3) is 0.407. The summed E-state index contributed by atoms with van der Waals surface area (Å²) in [4.78, 5) is 38.1. The summed E-state index contributed by atoms with van der Waals surface area (Å²) < 4.78 is 7.57. The van der Waals surface area contributed by atoms with Crippen molar-refractivity contribution in [3.63, 3.8) is 0 Å². The zero-order chi connectivity index (χ0) is 26.2. The Morgan fingerprint density at radius 3 is 2.49 bits per heavy atom. The number of anilines is 1. The maximum atomic E-state index is 13.1. The number of rotatable bonds is 4. The normalized spacial score (nSPS) is 19.3. The molecule has 0 bridgehead atoms. The standard InChI is InChI=1S/C25H26N8O2.C2H6/c1-4-33-22(17-12-26-15(2)27-13-17)31-21-20(28-14-29-23(21)33)16-5-6-19-18(11-16)25(3,24(34)30-19)32-7-9-35-10-8-32;1-2/h5-6,11-14H,4,7-10H2,1-3H3,(H,30,34);1-2H3. The molecule has 5 heterocycles. The van der Waals surface area contributed by atoms with Crippen molar-refractivity contribution in [1.29, 1.82) is 0 Å². The number of aromatic nitrogens is 6. The van der Waals surface area contributed by atoms with E-state index in [1.54, 1.807) is 18.7 Å². The number of fused-ring (bicyclic) bond motifs is 2. The molecule has 1 unspecified atom stereocenters. The molecule has 192 valence electrons. The summed E-state index contributed by atoms with van der Waals surface area (Å²) in [5, 5.41) is 3.06. The van der Waals surface area contributed by atoms with Crippen LogP contribution in [0.2, 0.25) is 0 Å². The number of hydrogen-bond acceptors (Lipinski definition) is 8. The third-order valence-electron chi connectivity index (χ3n) is 7.04. The topological polar surface area (TPSA) is 111 Å². The zero-order valence-electron chi connectivity index (χ0n) is 21.9. The summed E-state index contributed by atoms with van der Waals surface area (Å²) in [5.74, 6) is 1.44. The van der Waals surface area contributed by atoms with E-state index in [1.807, 2.05) is 44.4 Å². The second-order valence-electron chi connectivity index (χ2n) is 8.98. The molecule has 3 aromatic heterocycles. The Morgan fingerprint density at radius 2 is 1.78 bits per heavy atom. The number of carbonyl (C=O) groups excluding carboxylic acids is 1. The van der Waals surface area contributed by atoms with E-state index in [1.165, 1.54) is 0 Å². The lowest BCUT2D eigenvalue weighted by molar-refractivity contribution is -0.129. The van der Waals surface area contributed by atoms with Crippen LogP contribution in [0.25, 0.3) is 33.8 Å². The molecule has 10 nitrogen and oxygen atoms in total. The van der Waals surface area contributed by atoms with E-state index < -0.39 is 5.54 Å². The van der Waals surface area contributed by atoms with E-state index in [4.69, 9.17) is 9.72 Å². The maximum Gasteiger partial charge on any atom is 0.249 e. The van der Waals surface area contributed by atoms with Crippen LogP contribution >= 0.6 is 0 Å². The third kappa shape index (κ3) is 4.06. The van der Waals surface area contributed by atoms with E-state index in [0.717, 1.165) is 39.5 Å². The maximum absolute atomic E-state index is 13.1. The van der Waals surface area contributed by atoms with Crippen molar-refractivity contribution < 1.29 is 9.53 Å². The highest BCUT2D eigenvalue weighted by molar-refractivity contribution is 6.06. The zero-order valence-corrected chi connectivity index (χ0v) is 21.9. The Labute approximate surface area is 216 Å². The summed E-state index contributed by atoms with van der Waals surface area (Å²) in [6.07, 6.45) is 5.13. The average molecular weight is 501 g/mol. The molecule has 1 aromatic carbocycles. The van der Waals surface area contributed by atoms with Crippen LogP contribution in [0.1, 0.15) is 39.1 Å². The molecule has 0 radical (unpaired) electrons. The molecular weight excluding hydrogens is 468 g/mol. The summed E-state index contributed by atoms with van der Waals surface area (Å²) in [6.45, 7) is 13.2. The number of carbonyl (C=O) groups is 1. The van der Waals surface area contributed by atoms with Gasteiger partial charge in [-0.05, 0) is 32.9 Å². The predicted molar refractivity (Wildman–Crippen MR) is 142 cm³/mol. The van der Waals surface area contributed by atoms with Crippen LogP contribution in [-0.4, -0.2) is 66.6 Å². The van der Waals surface area contributed by atoms with E-state index in [2.05, 4.69) is 43.1 Å². The van der Waals surface area contributed by atoms with Crippen LogP contribution in [0.5, 0.6) is 0 Å². The monoisotopic (exact) mass is 500 g/mol. The van der Waals surface area contributed by atoms with Crippen molar-refractivity contribution in [2.45, 2.75) is 46.7 Å². The quantitative estimate of drug-likeness (QED) is 0.450. The van der Waals surface area contributed by atoms with Crippen molar-refractivity contribution in [2.75, 3.05) is 31.6 Å². The van der Waals surface area contributed by atoms with Crippen molar-refractivity contribution in [1.82, 2.24) is 34.4 Å². The molecule has 6 rings (SSSR count). The molecule has 4 aromatic rings. The lowest BCUT2D eigenvalue weighted by Crippen LogP contribution is -2.53. The second kappa shape index (κ2) is 9.95. The van der Waals surface area contributed by atoms with Crippen molar-refractivity contribution in [2.24, 2.45) is 0 Å². The highest BCUT2D eigenvalue weighted by Crippen LogP contribution is 2.43. The minimum atomic E-state index is -0.769. The largest absolute Gasteiger partial charge is 0.379 e. The van der Waals surface area contributed by atoms with Gasteiger partial charge in [0.1, 0.15) is 34.7 Å². The van der Waals surface area contributed by atoms with Gasteiger partial charge in [0.05, 0.1) is 18.8 Å². The molecule has 1 saturated heterocycles. The lowest BCUT2D eigenvalue weighted by atomic mass is 9.89. The van der Waals surface area contributed by atoms with Crippen LogP contribution in [0.4, 0.5) is 5.69 Å². The van der Waals surface area contributed by atoms with Crippen LogP contribution in [0, 0.1) is 6.92 Å². The van der Waals surface area contributed by atoms with E-state index in [0.29, 0.717) is 44.2 Å². The highest BCUT2D eigenvalue weighted by atomic mass is 16.5. The number of ether oxygens (including phenoxy) is 1. The molecule has 1 N–H and O–H groups in total. The van der Waals surface area contributed by atoms with Gasteiger partial charge in [-0.3, -0.25) is 9.69 Å². The van der Waals surface area contributed by atoms with Gasteiger partial charge in [-0.1, -0.05) is 19.9 Å². The first-order valence-electron chi connectivity index (χ1n) is 12.8. The van der Waals surface area contributed by atoms with Gasteiger partial charge in [0.2, 0.25) is 5.91 Å². The number of hydrogen-bond donors (Lipinski definition) is 1. The number of nitrogens with one attached hydrogen (secondary N) is 1. The molecule has 1 atom stereocenters. The number of amides is 1. The van der Waals surface area contributed by atoms with Gasteiger partial charge in [-0.25, -0.2) is 24.9 Å². The number of imidazole rings is 1. The molecule has 0 aliphatic carbocycles. The molecule has 1 fully saturated rings. The molecule has 0 spiro atoms. The third-order valence-corrected chi connectivity index (χ3v) is 7.04. The first-order valence-corrected chi connectivity index (χ1v) is 12.8. The Kier molecular flexibility index (Phi) is 6.70. The van der Waals surface area contributed by atoms with Gasteiger partial charge in [0.25, 0.3) is 0 Å². The van der Waals surface area contributed by atoms with Gasteiger partial charge < -0.3 is 14.6 Å². The smallest absolute Gasteiger partial charge is 0.249 e. The van der Waals surface area contributed by atoms with Gasteiger partial charge >= 0.3 is 0 Å². The minimum absolute atomic E-state index is 0.0173. The first-order chi connectivity index (χ1) is 18.0. The van der Waals surface area contributed by atoms with Gasteiger partial charge in [0, 0.05) is 48.8 Å². The summed E-state index contributed by atoms with van der Waals surface area (Å²) in [5.41, 5.74) is 4.89. The van der Waals surface area contributed by atoms with E-state index in [-0.39, 0.29) is 5.91 Å². The fourth-order valence-electron chi connectivity index (χ4n) is 5.07. The minimum Gasteiger partial charge on any atom is -0.379 e. The van der Waals surface area contributed by atoms with Crippen LogP contribution < -0.4 is 5.32 Å². The Bertz CT molecular complexity index is 1440. The van der Waals surface area contributed by atoms with Crippen molar-refractivity contribution in [3.05, 3.63) is 48.3 Å². The molecule has 2 aliphatic heterocycles. The molecule has 37 heavy (non-hydrogen) atoms. The van der Waals surface area contributed by atoms with Gasteiger partial charge in [0.15, 0.2) is 5.65 Å². The SMILES string of the molecule is CC.CCn1c(-c2cnc(C)nc2)nc2c(-c3ccc4c(c3)C(C)(N3CCOCC3)C(=O)N4)ncnc21. The first kappa shape index (κ1) is 24.9. The van der Waals surface area contributed by atoms with Crippen LogP contribution in [0.3, 0.4) is 0 Å². The summed E-state index contributed by atoms with van der Waals surface area (Å²) in [6, 6.07) is 5.99. The van der Waals surface area contributed by atoms with Crippen molar-refractivity contribution in [3.8, 4) is 22.6 Å². The number of benzene rings is 1. The predicted octanol–water partition coefficient (Wildman–Crippen LogP) is 3.80. The lowest BCUT2D eigenvalue weighted by Gasteiger charge is -2.39. The summed E-state index contributed by atoms with van der Waals surface area (Å²) in [7, 11) is 0. The Balaban J connectivity index is 0.00000137. The molecule has 1 amide bonds. The van der Waals surface area contributed by atoms with Gasteiger partial charge in [-0.2, -0.15) is 0 Å². The second-order valence-corrected chi connectivity index (χ2v) is 8.98. The number of aryl methyl sites for hydroxylation is 2. The fourth-order valence-corrected chi connectivity index (χ4v) is 5.07. The highest BCUT2D eigenvalue weighted by Gasteiger charge is 2.47. The van der Waals surface area contributed by atoms with E-state index >= 15 is 0 Å². The molecule has 10 heteroatoms. The number of morpholine rings is 1. The van der Waals surface area contributed by atoms with E-state index in [9.17, 15) is 4.79 Å². The number of nitrogens with zero attached hydrogens (tertiary/aromatic N) is 7. The van der Waals surface area contributed by atoms with Crippen LogP contribution in [-0.2, 0) is 21.6 Å². The molecule has 2 aliphatic rings. The van der Waals surface area contributed by atoms with Gasteiger partial charge in [-0.15, -0.1) is 0 Å².